The fraction of sp³-hybridized carbons (Fsp3) is 0.391. The Kier molecular flexibility index (Phi) is 8.52. The van der Waals surface area contributed by atoms with Crippen LogP contribution >= 0.6 is 0 Å². The molecule has 2 rings (SSSR count). The van der Waals surface area contributed by atoms with Crippen molar-refractivity contribution >= 4 is 17.5 Å². The average molecular weight is 399 g/mol. The van der Waals surface area contributed by atoms with E-state index in [1.165, 1.54) is 6.92 Å². The third-order valence-corrected chi connectivity index (χ3v) is 4.41. The number of nitrogens with zero attached hydrogens (tertiary/aromatic N) is 1. The van der Waals surface area contributed by atoms with Crippen molar-refractivity contribution in [1.82, 2.24) is 4.90 Å². The van der Waals surface area contributed by atoms with Gasteiger partial charge in [-0.1, -0.05) is 18.2 Å². The summed E-state index contributed by atoms with van der Waals surface area (Å²) in [4.78, 5) is 25.9. The molecule has 0 atom stereocenters. The highest BCUT2D eigenvalue weighted by Crippen LogP contribution is 2.19. The van der Waals surface area contributed by atoms with E-state index in [0.29, 0.717) is 25.2 Å². The lowest BCUT2D eigenvalue weighted by atomic mass is 10.1. The largest absolute Gasteiger partial charge is 0.496 e. The Hall–Kier alpha value is -3.02. The smallest absolute Gasteiger partial charge is 0.226 e. The van der Waals surface area contributed by atoms with Gasteiger partial charge in [-0.3, -0.25) is 9.59 Å². The van der Waals surface area contributed by atoms with Crippen LogP contribution in [-0.4, -0.2) is 43.0 Å². The van der Waals surface area contributed by atoms with E-state index >= 15 is 0 Å². The second-order valence-electron chi connectivity index (χ2n) is 7.06. The molecule has 2 amide bonds. The quantitative estimate of drug-likeness (QED) is 0.659. The highest BCUT2D eigenvalue weighted by Gasteiger charge is 2.13. The number of hydrogen-bond acceptors (Lipinski definition) is 4. The molecule has 156 valence electrons. The minimum Gasteiger partial charge on any atom is -0.496 e. The number of anilines is 1. The van der Waals surface area contributed by atoms with Crippen molar-refractivity contribution in [2.45, 2.75) is 39.7 Å². The molecule has 29 heavy (non-hydrogen) atoms. The number of amides is 2. The number of benzene rings is 2. The van der Waals surface area contributed by atoms with Gasteiger partial charge in [0.25, 0.3) is 0 Å². The van der Waals surface area contributed by atoms with E-state index in [1.807, 2.05) is 50.2 Å². The Bertz CT molecular complexity index is 803. The minimum atomic E-state index is -0.133. The second kappa shape index (κ2) is 11.1. The molecule has 0 saturated heterocycles. The number of ether oxygens (including phenoxy) is 2. The van der Waals surface area contributed by atoms with Gasteiger partial charge in [0.15, 0.2) is 0 Å². The fourth-order valence-electron chi connectivity index (χ4n) is 2.94. The Morgan fingerprint density at radius 1 is 1.03 bits per heavy atom. The van der Waals surface area contributed by atoms with Crippen LogP contribution in [0.1, 0.15) is 32.8 Å². The van der Waals surface area contributed by atoms with E-state index in [0.717, 1.165) is 17.1 Å². The van der Waals surface area contributed by atoms with Crippen molar-refractivity contribution in [2.75, 3.05) is 25.5 Å². The average Bonchev–Trinajstić information content (AvgIpc) is 2.69. The molecule has 0 aromatic heterocycles. The zero-order valence-electron chi connectivity index (χ0n) is 17.6. The molecular formula is C23H30N2O4. The van der Waals surface area contributed by atoms with Crippen LogP contribution in [0.3, 0.4) is 0 Å². The lowest BCUT2D eigenvalue weighted by Crippen LogP contribution is -2.33. The molecule has 0 radical (unpaired) electrons. The Labute approximate surface area is 172 Å². The number of nitrogens with one attached hydrogen (secondary N) is 1. The SMILES string of the molecule is COc1ccccc1CCN(CCC(=O)Nc1ccc(OC(C)C)cc1)C(C)=O. The first-order valence-electron chi connectivity index (χ1n) is 9.83. The molecule has 6 nitrogen and oxygen atoms in total. The monoisotopic (exact) mass is 398 g/mol. The lowest BCUT2D eigenvalue weighted by molar-refractivity contribution is -0.129. The maximum absolute atomic E-state index is 12.3. The van der Waals surface area contributed by atoms with Gasteiger partial charge in [0.05, 0.1) is 13.2 Å². The summed E-state index contributed by atoms with van der Waals surface area (Å²) in [6.07, 6.45) is 1.00. The topological polar surface area (TPSA) is 67.9 Å². The molecule has 0 unspecified atom stereocenters. The number of rotatable bonds is 10. The Morgan fingerprint density at radius 2 is 1.72 bits per heavy atom. The molecule has 2 aromatic carbocycles. The van der Waals surface area contributed by atoms with Crippen LogP contribution in [0.2, 0.25) is 0 Å². The van der Waals surface area contributed by atoms with Crippen molar-refractivity contribution in [3.63, 3.8) is 0 Å². The number of carbonyl (C=O) groups excluding carboxylic acids is 2. The van der Waals surface area contributed by atoms with Gasteiger partial charge in [0, 0.05) is 32.1 Å². The molecule has 6 heteroatoms. The van der Waals surface area contributed by atoms with Crippen LogP contribution in [0.15, 0.2) is 48.5 Å². The highest BCUT2D eigenvalue weighted by atomic mass is 16.5. The van der Waals surface area contributed by atoms with Crippen molar-refractivity contribution in [2.24, 2.45) is 0 Å². The Balaban J connectivity index is 1.84. The maximum atomic E-state index is 12.3. The summed E-state index contributed by atoms with van der Waals surface area (Å²) in [6.45, 7) is 6.34. The highest BCUT2D eigenvalue weighted by molar-refractivity contribution is 5.91. The molecule has 0 aliphatic rings. The summed E-state index contributed by atoms with van der Waals surface area (Å²) in [5, 5.41) is 2.86. The van der Waals surface area contributed by atoms with Gasteiger partial charge >= 0.3 is 0 Å². The maximum Gasteiger partial charge on any atom is 0.226 e. The molecule has 0 aliphatic heterocycles. The van der Waals surface area contributed by atoms with Crippen molar-refractivity contribution in [3.05, 3.63) is 54.1 Å². The molecular weight excluding hydrogens is 368 g/mol. The van der Waals surface area contributed by atoms with Crippen LogP contribution in [0.5, 0.6) is 11.5 Å². The van der Waals surface area contributed by atoms with Crippen molar-refractivity contribution < 1.29 is 19.1 Å². The zero-order valence-corrected chi connectivity index (χ0v) is 17.6. The summed E-state index contributed by atoms with van der Waals surface area (Å²) in [6, 6.07) is 15.0. The van der Waals surface area contributed by atoms with Crippen molar-refractivity contribution in [1.29, 1.82) is 0 Å². The number of hydrogen-bond donors (Lipinski definition) is 1. The van der Waals surface area contributed by atoms with Crippen LogP contribution in [0.4, 0.5) is 5.69 Å². The second-order valence-corrected chi connectivity index (χ2v) is 7.06. The first kappa shape index (κ1) is 22.3. The van der Waals surface area contributed by atoms with Gasteiger partial charge in [-0.05, 0) is 56.2 Å². The number of methoxy groups -OCH3 is 1. The molecule has 0 heterocycles. The van der Waals surface area contributed by atoms with Gasteiger partial charge in [0.2, 0.25) is 11.8 Å². The van der Waals surface area contributed by atoms with Gasteiger partial charge in [0.1, 0.15) is 11.5 Å². The van der Waals surface area contributed by atoms with Gasteiger partial charge < -0.3 is 19.7 Å². The van der Waals surface area contributed by atoms with Crippen LogP contribution in [-0.2, 0) is 16.0 Å². The first-order valence-corrected chi connectivity index (χ1v) is 9.83. The number of carbonyl (C=O) groups is 2. The molecule has 0 saturated carbocycles. The summed E-state index contributed by atoms with van der Waals surface area (Å²) in [7, 11) is 1.63. The zero-order chi connectivity index (χ0) is 21.2. The standard InChI is InChI=1S/C23H30N2O4/c1-17(2)29-21-11-9-20(10-12-21)24-23(27)14-16-25(18(3)26)15-13-19-7-5-6-8-22(19)28-4/h5-12,17H,13-16H2,1-4H3,(H,24,27). The normalized spacial score (nSPS) is 10.5. The predicted molar refractivity (Wildman–Crippen MR) is 114 cm³/mol. The fourth-order valence-corrected chi connectivity index (χ4v) is 2.94. The third-order valence-electron chi connectivity index (χ3n) is 4.41. The Morgan fingerprint density at radius 3 is 2.34 bits per heavy atom. The minimum absolute atomic E-state index is 0.0529. The molecule has 2 aromatic rings. The predicted octanol–water partition coefficient (Wildman–Crippen LogP) is 3.90. The van der Waals surface area contributed by atoms with Crippen LogP contribution in [0, 0.1) is 0 Å². The molecule has 0 aliphatic carbocycles. The van der Waals surface area contributed by atoms with E-state index in [4.69, 9.17) is 9.47 Å². The molecule has 1 N–H and O–H groups in total. The molecule has 0 bridgehead atoms. The molecule has 0 spiro atoms. The summed E-state index contributed by atoms with van der Waals surface area (Å²) < 4.78 is 10.9. The van der Waals surface area contributed by atoms with Gasteiger partial charge in [-0.15, -0.1) is 0 Å². The van der Waals surface area contributed by atoms with E-state index in [9.17, 15) is 9.59 Å². The first-order chi connectivity index (χ1) is 13.9. The summed E-state index contributed by atoms with van der Waals surface area (Å²) in [5.41, 5.74) is 1.74. The van der Waals surface area contributed by atoms with E-state index < -0.39 is 0 Å². The summed E-state index contributed by atoms with van der Waals surface area (Å²) in [5.74, 6) is 1.38. The third kappa shape index (κ3) is 7.49. The van der Waals surface area contributed by atoms with Crippen LogP contribution in [0.25, 0.3) is 0 Å². The van der Waals surface area contributed by atoms with E-state index in [-0.39, 0.29) is 24.3 Å². The van der Waals surface area contributed by atoms with Gasteiger partial charge in [-0.25, -0.2) is 0 Å². The lowest BCUT2D eigenvalue weighted by Gasteiger charge is -2.21. The summed E-state index contributed by atoms with van der Waals surface area (Å²) >= 11 is 0. The van der Waals surface area contributed by atoms with Crippen LogP contribution < -0.4 is 14.8 Å². The van der Waals surface area contributed by atoms with E-state index in [2.05, 4.69) is 5.32 Å². The molecule has 0 fully saturated rings. The van der Waals surface area contributed by atoms with E-state index in [1.54, 1.807) is 24.1 Å². The van der Waals surface area contributed by atoms with Crippen molar-refractivity contribution in [3.8, 4) is 11.5 Å². The number of para-hydroxylation sites is 1. The van der Waals surface area contributed by atoms with Gasteiger partial charge in [-0.2, -0.15) is 0 Å².